The van der Waals surface area contributed by atoms with E-state index >= 15 is 0 Å². The lowest BCUT2D eigenvalue weighted by Gasteiger charge is -2.09. The summed E-state index contributed by atoms with van der Waals surface area (Å²) in [5, 5.41) is 11.2. The summed E-state index contributed by atoms with van der Waals surface area (Å²) in [4.78, 5) is 22.8. The molecule has 2 heterocycles. The second kappa shape index (κ2) is 5.34. The number of alkyl halides is 3. The zero-order valence-electron chi connectivity index (χ0n) is 12.2. The van der Waals surface area contributed by atoms with E-state index in [-0.39, 0.29) is 16.8 Å². The lowest BCUT2D eigenvalue weighted by molar-refractivity contribution is -0.127. The predicted octanol–water partition coefficient (Wildman–Crippen LogP) is 2.09. The second-order valence-corrected chi connectivity index (χ2v) is 7.08. The van der Waals surface area contributed by atoms with Crippen molar-refractivity contribution in [3.63, 3.8) is 0 Å². The van der Waals surface area contributed by atoms with Gasteiger partial charge in [0, 0.05) is 6.20 Å². The van der Waals surface area contributed by atoms with Crippen LogP contribution in [0, 0.1) is 0 Å². The number of nitrogens with one attached hydrogen (secondary N) is 1. The van der Waals surface area contributed by atoms with Crippen LogP contribution in [0.3, 0.4) is 0 Å². The summed E-state index contributed by atoms with van der Waals surface area (Å²) >= 11 is 0. The number of nitrogens with zero attached hydrogens (tertiary/aromatic N) is 1. The smallest absolute Gasteiger partial charge is 0.393 e. The third-order valence-electron chi connectivity index (χ3n) is 3.49. The van der Waals surface area contributed by atoms with E-state index in [4.69, 9.17) is 5.11 Å². The van der Waals surface area contributed by atoms with Gasteiger partial charge in [0.15, 0.2) is 0 Å². The van der Waals surface area contributed by atoms with Gasteiger partial charge < -0.3 is 10.4 Å². The largest absolute Gasteiger partial charge is 0.478 e. The van der Waals surface area contributed by atoms with Gasteiger partial charge in [0.2, 0.25) is 0 Å². The minimum atomic E-state index is -4.57. The number of anilines is 1. The molecule has 11 heteroatoms. The van der Waals surface area contributed by atoms with Gasteiger partial charge in [-0.25, -0.2) is 17.2 Å². The number of amides is 1. The standard InChI is InChI=1S/C14H9F3N2O5S/c15-14(16,17)5-7-3-10-12(20)18-9-4-8(13(21)22)1-2-11(9)25(23,24)19(10)6-7/h1-4,6H,5H2,(H,18,20)(H,21,22). The van der Waals surface area contributed by atoms with Crippen LogP contribution < -0.4 is 5.32 Å². The molecule has 1 aromatic heterocycles. The Balaban J connectivity index is 2.18. The highest BCUT2D eigenvalue weighted by Crippen LogP contribution is 2.32. The molecule has 0 radical (unpaired) electrons. The number of hydrogen-bond donors (Lipinski definition) is 2. The van der Waals surface area contributed by atoms with Crippen molar-refractivity contribution in [3.05, 3.63) is 47.3 Å². The van der Waals surface area contributed by atoms with Crippen LogP contribution in [-0.2, 0) is 16.4 Å². The first-order valence-corrected chi connectivity index (χ1v) is 8.15. The zero-order valence-corrected chi connectivity index (χ0v) is 13.0. The van der Waals surface area contributed by atoms with E-state index < -0.39 is 45.1 Å². The molecule has 0 bridgehead atoms. The van der Waals surface area contributed by atoms with Gasteiger partial charge in [-0.3, -0.25) is 4.79 Å². The van der Waals surface area contributed by atoms with E-state index in [1.54, 1.807) is 0 Å². The lowest BCUT2D eigenvalue weighted by Crippen LogP contribution is -2.16. The number of hydrogen-bond acceptors (Lipinski definition) is 4. The molecule has 7 nitrogen and oxygen atoms in total. The topological polar surface area (TPSA) is 105 Å². The van der Waals surface area contributed by atoms with Crippen LogP contribution in [0.4, 0.5) is 18.9 Å². The van der Waals surface area contributed by atoms with Gasteiger partial charge in [-0.2, -0.15) is 13.2 Å². The van der Waals surface area contributed by atoms with Crippen LogP contribution >= 0.6 is 0 Å². The summed E-state index contributed by atoms with van der Waals surface area (Å²) in [6.07, 6.45) is -5.22. The third-order valence-corrected chi connectivity index (χ3v) is 5.22. The van der Waals surface area contributed by atoms with Gasteiger partial charge in [-0.05, 0) is 29.8 Å². The normalized spacial score (nSPS) is 15.7. The highest BCUT2D eigenvalue weighted by molar-refractivity contribution is 7.90. The molecule has 0 saturated carbocycles. The van der Waals surface area contributed by atoms with Crippen molar-refractivity contribution in [1.82, 2.24) is 3.97 Å². The number of carbonyl (C=O) groups is 2. The molecule has 0 fully saturated rings. The Morgan fingerprint density at radius 2 is 1.92 bits per heavy atom. The van der Waals surface area contributed by atoms with Crippen LogP contribution in [0.15, 0.2) is 35.4 Å². The fraction of sp³-hybridized carbons (Fsp3) is 0.143. The minimum Gasteiger partial charge on any atom is -0.478 e. The Kier molecular flexibility index (Phi) is 3.64. The molecule has 2 N–H and O–H groups in total. The number of aromatic nitrogens is 1. The summed E-state index contributed by atoms with van der Waals surface area (Å²) in [6.45, 7) is 0. The van der Waals surface area contributed by atoms with E-state index in [9.17, 15) is 31.2 Å². The Bertz CT molecular complexity index is 1010. The van der Waals surface area contributed by atoms with Crippen molar-refractivity contribution in [2.24, 2.45) is 0 Å². The molecule has 0 aliphatic carbocycles. The average molecular weight is 374 g/mol. The van der Waals surface area contributed by atoms with Crippen LogP contribution in [0.5, 0.6) is 0 Å². The maximum Gasteiger partial charge on any atom is 0.393 e. The van der Waals surface area contributed by atoms with Crippen LogP contribution in [0.1, 0.15) is 26.4 Å². The zero-order chi connectivity index (χ0) is 18.6. The molecule has 0 unspecified atom stereocenters. The van der Waals surface area contributed by atoms with Crippen LogP contribution in [0.25, 0.3) is 0 Å². The van der Waals surface area contributed by atoms with E-state index in [0.717, 1.165) is 30.5 Å². The molecular formula is C14H9F3N2O5S. The first-order valence-electron chi connectivity index (χ1n) is 6.71. The maximum atomic E-state index is 12.7. The summed E-state index contributed by atoms with van der Waals surface area (Å²) in [6, 6.07) is 3.81. The SMILES string of the molecule is O=C(O)c1ccc2c(c1)NC(=O)c1cc(CC(F)(F)F)cn1S2(=O)=O. The molecule has 1 aliphatic heterocycles. The number of benzene rings is 1. The number of carboxylic acids is 1. The molecule has 25 heavy (non-hydrogen) atoms. The quantitative estimate of drug-likeness (QED) is 0.837. The first kappa shape index (κ1) is 17.0. The molecule has 0 saturated heterocycles. The Hall–Kier alpha value is -2.82. The number of aromatic carboxylic acids is 1. The molecule has 1 amide bonds. The van der Waals surface area contributed by atoms with Crippen molar-refractivity contribution in [3.8, 4) is 0 Å². The van der Waals surface area contributed by atoms with Crippen molar-refractivity contribution in [2.75, 3.05) is 5.32 Å². The second-order valence-electron chi connectivity index (χ2n) is 5.30. The summed E-state index contributed by atoms with van der Waals surface area (Å²) in [5.41, 5.74) is -1.39. The first-order chi connectivity index (χ1) is 11.5. The Labute approximate surface area is 138 Å². The van der Waals surface area contributed by atoms with Gasteiger partial charge in [-0.1, -0.05) is 0 Å². The lowest BCUT2D eigenvalue weighted by atomic mass is 10.2. The van der Waals surface area contributed by atoms with Crippen molar-refractivity contribution in [1.29, 1.82) is 0 Å². The van der Waals surface area contributed by atoms with Crippen molar-refractivity contribution < 1.29 is 36.3 Å². The fourth-order valence-corrected chi connectivity index (χ4v) is 3.98. The summed E-state index contributed by atoms with van der Waals surface area (Å²) in [7, 11) is -4.37. The van der Waals surface area contributed by atoms with Crippen molar-refractivity contribution >= 4 is 27.6 Å². The summed E-state index contributed by atoms with van der Waals surface area (Å²) < 4.78 is 63.4. The van der Waals surface area contributed by atoms with Gasteiger partial charge in [0.05, 0.1) is 17.7 Å². The molecule has 132 valence electrons. The maximum absolute atomic E-state index is 12.7. The van der Waals surface area contributed by atoms with Gasteiger partial charge in [-0.15, -0.1) is 0 Å². The molecule has 1 aromatic carbocycles. The van der Waals surface area contributed by atoms with E-state index in [1.165, 1.54) is 0 Å². The van der Waals surface area contributed by atoms with Gasteiger partial charge >= 0.3 is 12.1 Å². The molecule has 0 atom stereocenters. The van der Waals surface area contributed by atoms with E-state index in [2.05, 4.69) is 5.32 Å². The van der Waals surface area contributed by atoms with Crippen molar-refractivity contribution in [2.45, 2.75) is 17.5 Å². The molecule has 3 rings (SSSR count). The van der Waals surface area contributed by atoms with E-state index in [0.29, 0.717) is 3.97 Å². The highest BCUT2D eigenvalue weighted by Gasteiger charge is 2.34. The molecular weight excluding hydrogens is 365 g/mol. The molecule has 2 aromatic rings. The average Bonchev–Trinajstić information content (AvgIpc) is 2.86. The number of carboxylic acid groups (broad SMARTS) is 1. The van der Waals surface area contributed by atoms with Gasteiger partial charge in [0.1, 0.15) is 10.6 Å². The Morgan fingerprint density at radius 3 is 2.52 bits per heavy atom. The van der Waals surface area contributed by atoms with Gasteiger partial charge in [0.25, 0.3) is 15.9 Å². The predicted molar refractivity (Wildman–Crippen MR) is 78.1 cm³/mol. The number of halogens is 3. The van der Waals surface area contributed by atoms with E-state index in [1.807, 2.05) is 0 Å². The minimum absolute atomic E-state index is 0.251. The third kappa shape index (κ3) is 2.97. The Morgan fingerprint density at radius 1 is 1.24 bits per heavy atom. The molecule has 1 aliphatic rings. The van der Waals surface area contributed by atoms with Crippen LogP contribution in [-0.4, -0.2) is 35.5 Å². The monoisotopic (exact) mass is 374 g/mol. The highest BCUT2D eigenvalue weighted by atomic mass is 32.2. The number of carbonyl (C=O) groups excluding carboxylic acids is 1. The van der Waals surface area contributed by atoms with Crippen LogP contribution in [0.2, 0.25) is 0 Å². The molecule has 0 spiro atoms. The number of rotatable bonds is 2. The summed E-state index contributed by atoms with van der Waals surface area (Å²) in [5.74, 6) is -2.29. The number of fused-ring (bicyclic) bond motifs is 2. The fourth-order valence-electron chi connectivity index (χ4n) is 2.47.